The highest BCUT2D eigenvalue weighted by molar-refractivity contribution is 6.35. The molecule has 0 saturated carbocycles. The largest absolute Gasteiger partial charge is 0.383 e. The lowest BCUT2D eigenvalue weighted by molar-refractivity contribution is -0.146. The maximum Gasteiger partial charge on any atom is 0.323 e. The van der Waals surface area contributed by atoms with Crippen LogP contribution in [0.2, 0.25) is 0 Å². The zero-order valence-electron chi connectivity index (χ0n) is 9.28. The van der Waals surface area contributed by atoms with Gasteiger partial charge >= 0.3 is 11.8 Å². The number of hydrogen-bond acceptors (Lipinski definition) is 5. The molecule has 4 N–H and O–H groups in total. The number of carbonyl (C=O) groups excluding carboxylic acids is 3. The summed E-state index contributed by atoms with van der Waals surface area (Å²) >= 11 is 0. The SMILES string of the molecule is COCCNC(=O)CN(C)C(=O)C(=O)NN. The van der Waals surface area contributed by atoms with E-state index in [1.54, 1.807) is 5.43 Å². The lowest BCUT2D eigenvalue weighted by atomic mass is 10.4. The second kappa shape index (κ2) is 7.60. The third-order valence-corrected chi connectivity index (χ3v) is 1.68. The van der Waals surface area contributed by atoms with Crippen molar-refractivity contribution in [3.8, 4) is 0 Å². The number of amides is 3. The molecule has 0 radical (unpaired) electrons. The van der Waals surface area contributed by atoms with Crippen LogP contribution in [0, 0.1) is 0 Å². The van der Waals surface area contributed by atoms with Gasteiger partial charge in [0, 0.05) is 20.7 Å². The standard InChI is InChI=1S/C8H16N4O4/c1-12(8(15)7(14)11-9)5-6(13)10-3-4-16-2/h3-5,9H2,1-2H3,(H,10,13)(H,11,14). The first-order valence-electron chi connectivity index (χ1n) is 4.54. The van der Waals surface area contributed by atoms with Gasteiger partial charge in [-0.05, 0) is 0 Å². The van der Waals surface area contributed by atoms with E-state index in [1.165, 1.54) is 14.2 Å². The number of nitrogens with zero attached hydrogens (tertiary/aromatic N) is 1. The molecule has 0 aromatic carbocycles. The van der Waals surface area contributed by atoms with Crippen molar-refractivity contribution in [3.63, 3.8) is 0 Å². The monoisotopic (exact) mass is 232 g/mol. The van der Waals surface area contributed by atoms with Crippen LogP contribution in [0.4, 0.5) is 0 Å². The fourth-order valence-corrected chi connectivity index (χ4v) is 0.871. The second-order valence-electron chi connectivity index (χ2n) is 2.98. The van der Waals surface area contributed by atoms with Crippen molar-refractivity contribution in [2.24, 2.45) is 5.84 Å². The summed E-state index contributed by atoms with van der Waals surface area (Å²) in [7, 11) is 2.83. The van der Waals surface area contributed by atoms with E-state index in [4.69, 9.17) is 10.6 Å². The molecule has 0 aromatic heterocycles. The number of hydrazine groups is 1. The molecule has 0 spiro atoms. The van der Waals surface area contributed by atoms with Gasteiger partial charge in [0.25, 0.3) is 0 Å². The number of nitrogens with two attached hydrogens (primary N) is 1. The fourth-order valence-electron chi connectivity index (χ4n) is 0.871. The van der Waals surface area contributed by atoms with E-state index in [0.717, 1.165) is 4.90 Å². The molecule has 0 heterocycles. The first kappa shape index (κ1) is 14.3. The molecule has 0 unspecified atom stereocenters. The Morgan fingerprint density at radius 1 is 1.38 bits per heavy atom. The molecule has 0 aromatic rings. The summed E-state index contributed by atoms with van der Waals surface area (Å²) in [5, 5.41) is 2.51. The van der Waals surface area contributed by atoms with Crippen LogP contribution in [0.3, 0.4) is 0 Å². The lowest BCUT2D eigenvalue weighted by Crippen LogP contribution is -2.47. The summed E-state index contributed by atoms with van der Waals surface area (Å²) in [4.78, 5) is 34.2. The average Bonchev–Trinajstić information content (AvgIpc) is 2.27. The van der Waals surface area contributed by atoms with Gasteiger partial charge in [-0.15, -0.1) is 0 Å². The molecule has 0 aliphatic carbocycles. The molecule has 8 heteroatoms. The highest BCUT2D eigenvalue weighted by Crippen LogP contribution is 1.84. The first-order chi connectivity index (χ1) is 7.52. The van der Waals surface area contributed by atoms with Gasteiger partial charge in [-0.1, -0.05) is 0 Å². The molecule has 0 atom stereocenters. The van der Waals surface area contributed by atoms with E-state index < -0.39 is 11.8 Å². The Kier molecular flexibility index (Phi) is 6.81. The molecule has 0 fully saturated rings. The van der Waals surface area contributed by atoms with Crippen LogP contribution in [-0.2, 0) is 19.1 Å². The Hall–Kier alpha value is -1.67. The van der Waals surface area contributed by atoms with E-state index in [-0.39, 0.29) is 12.5 Å². The third kappa shape index (κ3) is 5.27. The van der Waals surface area contributed by atoms with Crippen molar-refractivity contribution in [1.82, 2.24) is 15.6 Å². The fraction of sp³-hybridized carbons (Fsp3) is 0.625. The first-order valence-corrected chi connectivity index (χ1v) is 4.54. The van der Waals surface area contributed by atoms with Gasteiger partial charge in [0.05, 0.1) is 13.2 Å². The highest BCUT2D eigenvalue weighted by atomic mass is 16.5. The van der Waals surface area contributed by atoms with Gasteiger partial charge in [0.2, 0.25) is 5.91 Å². The van der Waals surface area contributed by atoms with E-state index in [9.17, 15) is 14.4 Å². The zero-order chi connectivity index (χ0) is 12.6. The molecular formula is C8H16N4O4. The van der Waals surface area contributed by atoms with E-state index in [0.29, 0.717) is 13.2 Å². The van der Waals surface area contributed by atoms with E-state index in [2.05, 4.69) is 5.32 Å². The minimum Gasteiger partial charge on any atom is -0.383 e. The lowest BCUT2D eigenvalue weighted by Gasteiger charge is -2.15. The summed E-state index contributed by atoms with van der Waals surface area (Å²) in [6, 6.07) is 0. The minimum absolute atomic E-state index is 0.212. The van der Waals surface area contributed by atoms with Crippen molar-refractivity contribution < 1.29 is 19.1 Å². The molecule has 0 aliphatic rings. The Morgan fingerprint density at radius 2 is 2.00 bits per heavy atom. The maximum absolute atomic E-state index is 11.2. The van der Waals surface area contributed by atoms with Gasteiger partial charge in [0.15, 0.2) is 0 Å². The Morgan fingerprint density at radius 3 is 2.50 bits per heavy atom. The number of nitrogens with one attached hydrogen (secondary N) is 2. The predicted molar refractivity (Wildman–Crippen MR) is 54.9 cm³/mol. The third-order valence-electron chi connectivity index (χ3n) is 1.68. The Labute approximate surface area is 93.1 Å². The maximum atomic E-state index is 11.2. The molecule has 16 heavy (non-hydrogen) atoms. The Bertz CT molecular complexity index is 269. The van der Waals surface area contributed by atoms with Gasteiger partial charge in [0.1, 0.15) is 0 Å². The number of rotatable bonds is 5. The van der Waals surface area contributed by atoms with Crippen LogP contribution >= 0.6 is 0 Å². The van der Waals surface area contributed by atoms with E-state index in [1.807, 2.05) is 0 Å². The molecule has 0 saturated heterocycles. The van der Waals surface area contributed by atoms with E-state index >= 15 is 0 Å². The highest BCUT2D eigenvalue weighted by Gasteiger charge is 2.19. The molecule has 0 aliphatic heterocycles. The second-order valence-corrected chi connectivity index (χ2v) is 2.98. The van der Waals surface area contributed by atoms with Crippen LogP contribution in [0.25, 0.3) is 0 Å². The predicted octanol–water partition coefficient (Wildman–Crippen LogP) is -2.80. The molecule has 0 bridgehead atoms. The van der Waals surface area contributed by atoms with Gasteiger partial charge in [-0.2, -0.15) is 0 Å². The van der Waals surface area contributed by atoms with Crippen LogP contribution in [0.5, 0.6) is 0 Å². The quantitative estimate of drug-likeness (QED) is 0.156. The van der Waals surface area contributed by atoms with Crippen LogP contribution in [0.15, 0.2) is 0 Å². The normalized spacial score (nSPS) is 9.44. The van der Waals surface area contributed by atoms with Crippen molar-refractivity contribution >= 4 is 17.7 Å². The smallest absolute Gasteiger partial charge is 0.323 e. The zero-order valence-corrected chi connectivity index (χ0v) is 9.28. The van der Waals surface area contributed by atoms with Crippen molar-refractivity contribution in [2.45, 2.75) is 0 Å². The summed E-state index contributed by atoms with van der Waals surface area (Å²) < 4.78 is 4.72. The summed E-state index contributed by atoms with van der Waals surface area (Å²) in [5.74, 6) is 2.56. The summed E-state index contributed by atoms with van der Waals surface area (Å²) in [6.45, 7) is 0.517. The van der Waals surface area contributed by atoms with Crippen LogP contribution < -0.4 is 16.6 Å². The van der Waals surface area contributed by atoms with Crippen molar-refractivity contribution in [3.05, 3.63) is 0 Å². The molecule has 8 nitrogen and oxygen atoms in total. The summed E-state index contributed by atoms with van der Waals surface area (Å²) in [5.41, 5.74) is 1.69. The van der Waals surface area contributed by atoms with Crippen LogP contribution in [0.1, 0.15) is 0 Å². The molecule has 92 valence electrons. The molecule has 3 amide bonds. The molecule has 0 rings (SSSR count). The topological polar surface area (TPSA) is 114 Å². The minimum atomic E-state index is -0.966. The number of hydrogen-bond donors (Lipinski definition) is 3. The van der Waals surface area contributed by atoms with Gasteiger partial charge in [-0.3, -0.25) is 19.8 Å². The van der Waals surface area contributed by atoms with Gasteiger partial charge in [-0.25, -0.2) is 5.84 Å². The van der Waals surface area contributed by atoms with Gasteiger partial charge < -0.3 is 15.0 Å². The average molecular weight is 232 g/mol. The Balaban J connectivity index is 3.94. The molecular weight excluding hydrogens is 216 g/mol. The van der Waals surface area contributed by atoms with Crippen LogP contribution in [-0.4, -0.2) is 56.5 Å². The number of methoxy groups -OCH3 is 1. The number of carbonyl (C=O) groups is 3. The van der Waals surface area contributed by atoms with Crippen molar-refractivity contribution in [1.29, 1.82) is 0 Å². The number of ether oxygens (including phenoxy) is 1. The summed E-state index contributed by atoms with van der Waals surface area (Å²) in [6.07, 6.45) is 0. The van der Waals surface area contributed by atoms with Crippen molar-refractivity contribution in [2.75, 3.05) is 33.9 Å². The number of likely N-dealkylation sites (N-methyl/N-ethyl adjacent to an activating group) is 1.